The van der Waals surface area contributed by atoms with Gasteiger partial charge in [-0.05, 0) is 22.5 Å². The topological polar surface area (TPSA) is 17.1 Å². The number of carbonyl (C=O) groups excluding carboxylic acids is 1. The van der Waals surface area contributed by atoms with Crippen molar-refractivity contribution < 1.29 is 4.79 Å². The molecule has 0 fully saturated rings. The molecule has 92 valence electrons. The van der Waals surface area contributed by atoms with E-state index in [4.69, 9.17) is 0 Å². The molecule has 0 atom stereocenters. The molecule has 0 aromatic heterocycles. The molecule has 2 heteroatoms. The lowest BCUT2D eigenvalue weighted by Gasteiger charge is -2.37. The lowest BCUT2D eigenvalue weighted by Crippen LogP contribution is -2.43. The van der Waals surface area contributed by atoms with Crippen molar-refractivity contribution in [2.75, 3.05) is 0 Å². The molecule has 0 aliphatic heterocycles. The first kappa shape index (κ1) is 15.4. The van der Waals surface area contributed by atoms with Crippen LogP contribution < -0.4 is 0 Å². The molecule has 1 nitrogen and oxygen atoms in total. The van der Waals surface area contributed by atoms with Gasteiger partial charge in [0.2, 0.25) is 5.78 Å². The molecule has 0 heterocycles. The van der Waals surface area contributed by atoms with Crippen LogP contribution in [-0.4, -0.2) is 13.9 Å². The molecule has 0 aromatic carbocycles. The number of hydrogen-bond acceptors (Lipinski definition) is 1. The Morgan fingerprint density at radius 1 is 1.00 bits per heavy atom. The second-order valence-electron chi connectivity index (χ2n) is 5.42. The standard InChI is InChI=1S/C14H26OSi/c1-8-14(15)9-10-16(11(2)3,12(4)5)13(6)7/h11-13H,8H2,1-7H3. The van der Waals surface area contributed by atoms with E-state index in [2.05, 4.69) is 53.0 Å². The van der Waals surface area contributed by atoms with Crippen LogP contribution >= 0.6 is 0 Å². The lowest BCUT2D eigenvalue weighted by molar-refractivity contribution is -0.113. The molecule has 0 aliphatic rings. The fraction of sp³-hybridized carbons (Fsp3) is 0.786. The summed E-state index contributed by atoms with van der Waals surface area (Å²) in [5.41, 5.74) is 5.23. The van der Waals surface area contributed by atoms with Crippen molar-refractivity contribution in [3.8, 4) is 11.5 Å². The molecule has 0 rings (SSSR count). The van der Waals surface area contributed by atoms with Crippen LogP contribution in [0.3, 0.4) is 0 Å². The summed E-state index contributed by atoms with van der Waals surface area (Å²) in [7, 11) is -1.69. The lowest BCUT2D eigenvalue weighted by atomic mass is 10.3. The zero-order valence-corrected chi connectivity index (χ0v) is 12.8. The summed E-state index contributed by atoms with van der Waals surface area (Å²) in [5, 5.41) is 0. The largest absolute Gasteiger partial charge is 0.285 e. The maximum Gasteiger partial charge on any atom is 0.204 e. The zero-order valence-electron chi connectivity index (χ0n) is 11.8. The minimum absolute atomic E-state index is 0.0822. The van der Waals surface area contributed by atoms with Crippen LogP contribution in [0.1, 0.15) is 54.9 Å². The van der Waals surface area contributed by atoms with Crippen LogP contribution in [0.15, 0.2) is 0 Å². The minimum atomic E-state index is -1.69. The predicted octanol–water partition coefficient (Wildman–Crippen LogP) is 4.19. The summed E-state index contributed by atoms with van der Waals surface area (Å²) >= 11 is 0. The van der Waals surface area contributed by atoms with Crippen molar-refractivity contribution in [3.05, 3.63) is 0 Å². The summed E-state index contributed by atoms with van der Waals surface area (Å²) in [6.07, 6.45) is 0.533. The maximum atomic E-state index is 11.4. The second-order valence-corrected chi connectivity index (χ2v) is 11.0. The number of rotatable bonds is 4. The summed E-state index contributed by atoms with van der Waals surface area (Å²) in [6.45, 7) is 15.4. The first-order chi connectivity index (χ1) is 7.28. The first-order valence-corrected chi connectivity index (χ1v) is 8.58. The number of carbonyl (C=O) groups is 1. The van der Waals surface area contributed by atoms with Gasteiger partial charge in [-0.25, -0.2) is 0 Å². The van der Waals surface area contributed by atoms with Crippen LogP contribution in [0.25, 0.3) is 0 Å². The smallest absolute Gasteiger partial charge is 0.204 e. The Bertz CT molecular complexity index is 270. The summed E-state index contributed by atoms with van der Waals surface area (Å²) in [5.74, 6) is 2.97. The Kier molecular flexibility index (Phi) is 6.03. The van der Waals surface area contributed by atoms with Crippen LogP contribution in [0.5, 0.6) is 0 Å². The van der Waals surface area contributed by atoms with Crippen LogP contribution in [0.4, 0.5) is 0 Å². The van der Waals surface area contributed by atoms with Crippen molar-refractivity contribution in [1.82, 2.24) is 0 Å². The third-order valence-electron chi connectivity index (χ3n) is 3.61. The molecule has 0 amide bonds. The van der Waals surface area contributed by atoms with E-state index in [1.807, 2.05) is 6.92 Å². The van der Waals surface area contributed by atoms with Gasteiger partial charge in [0.15, 0.2) is 0 Å². The van der Waals surface area contributed by atoms with E-state index in [-0.39, 0.29) is 5.78 Å². The van der Waals surface area contributed by atoms with Crippen molar-refractivity contribution in [3.63, 3.8) is 0 Å². The Morgan fingerprint density at radius 3 is 1.62 bits per heavy atom. The van der Waals surface area contributed by atoms with E-state index in [0.29, 0.717) is 23.0 Å². The highest BCUT2D eigenvalue weighted by Gasteiger charge is 2.41. The van der Waals surface area contributed by atoms with E-state index >= 15 is 0 Å². The minimum Gasteiger partial charge on any atom is -0.285 e. The van der Waals surface area contributed by atoms with Crippen molar-refractivity contribution in [1.29, 1.82) is 0 Å². The van der Waals surface area contributed by atoms with E-state index in [9.17, 15) is 4.79 Å². The fourth-order valence-electron chi connectivity index (χ4n) is 2.70. The van der Waals surface area contributed by atoms with E-state index < -0.39 is 8.07 Å². The zero-order chi connectivity index (χ0) is 12.9. The Hall–Kier alpha value is -0.553. The molecule has 0 aliphatic carbocycles. The van der Waals surface area contributed by atoms with E-state index in [1.54, 1.807) is 0 Å². The monoisotopic (exact) mass is 238 g/mol. The fourth-order valence-corrected chi connectivity index (χ4v) is 7.92. The van der Waals surface area contributed by atoms with E-state index in [0.717, 1.165) is 0 Å². The van der Waals surface area contributed by atoms with Gasteiger partial charge in [-0.3, -0.25) is 4.79 Å². The number of Topliss-reactive ketones (excluding diaryl/α,β-unsaturated/α-hetero) is 1. The molecule has 0 unspecified atom stereocenters. The summed E-state index contributed by atoms with van der Waals surface area (Å²) in [4.78, 5) is 11.4. The van der Waals surface area contributed by atoms with Gasteiger partial charge in [-0.15, -0.1) is 5.54 Å². The van der Waals surface area contributed by atoms with Crippen molar-refractivity contribution in [2.24, 2.45) is 0 Å². The highest BCUT2D eigenvalue weighted by Crippen LogP contribution is 2.40. The predicted molar refractivity (Wildman–Crippen MR) is 74.1 cm³/mol. The maximum absolute atomic E-state index is 11.4. The molecule has 0 saturated carbocycles. The van der Waals surface area contributed by atoms with Crippen LogP contribution in [0, 0.1) is 11.5 Å². The normalized spacial score (nSPS) is 11.9. The van der Waals surface area contributed by atoms with Gasteiger partial charge in [-0.1, -0.05) is 48.5 Å². The molecule has 0 aromatic rings. The van der Waals surface area contributed by atoms with Gasteiger partial charge in [0.05, 0.1) is 0 Å². The molecule has 0 spiro atoms. The van der Waals surface area contributed by atoms with Gasteiger partial charge in [0, 0.05) is 6.42 Å². The molecule has 0 saturated heterocycles. The summed E-state index contributed by atoms with van der Waals surface area (Å²) < 4.78 is 0. The molecule has 0 N–H and O–H groups in total. The summed E-state index contributed by atoms with van der Waals surface area (Å²) in [6, 6.07) is 0. The highest BCUT2D eigenvalue weighted by molar-refractivity contribution is 6.90. The molecule has 16 heavy (non-hydrogen) atoms. The molecular formula is C14H26OSi. The Morgan fingerprint density at radius 2 is 1.38 bits per heavy atom. The third-order valence-corrected chi connectivity index (χ3v) is 9.90. The van der Waals surface area contributed by atoms with Crippen molar-refractivity contribution >= 4 is 13.9 Å². The molecule has 0 bridgehead atoms. The number of ketones is 1. The van der Waals surface area contributed by atoms with Gasteiger partial charge >= 0.3 is 0 Å². The van der Waals surface area contributed by atoms with Gasteiger partial charge in [0.25, 0.3) is 0 Å². The average molecular weight is 238 g/mol. The van der Waals surface area contributed by atoms with Gasteiger partial charge in [0.1, 0.15) is 8.07 Å². The number of hydrogen-bond donors (Lipinski definition) is 0. The van der Waals surface area contributed by atoms with Crippen LogP contribution in [0.2, 0.25) is 16.6 Å². The molecule has 0 radical (unpaired) electrons. The van der Waals surface area contributed by atoms with Crippen molar-refractivity contribution in [2.45, 2.75) is 71.5 Å². The Balaban J connectivity index is 5.35. The second kappa shape index (κ2) is 6.25. The van der Waals surface area contributed by atoms with E-state index in [1.165, 1.54) is 0 Å². The SMILES string of the molecule is CCC(=O)C#C[Si](C(C)C)(C(C)C)C(C)C. The quantitative estimate of drug-likeness (QED) is 0.530. The third kappa shape index (κ3) is 3.22. The Labute approximate surface area is 102 Å². The average Bonchev–Trinajstić information content (AvgIpc) is 2.16. The van der Waals surface area contributed by atoms with Crippen LogP contribution in [-0.2, 0) is 4.79 Å². The first-order valence-electron chi connectivity index (χ1n) is 6.34. The van der Waals surface area contributed by atoms with Gasteiger partial charge in [-0.2, -0.15) is 0 Å². The highest BCUT2D eigenvalue weighted by atomic mass is 28.3. The molecular weight excluding hydrogens is 212 g/mol. The van der Waals surface area contributed by atoms with Gasteiger partial charge < -0.3 is 0 Å².